The summed E-state index contributed by atoms with van der Waals surface area (Å²) >= 11 is 2.06. The van der Waals surface area contributed by atoms with Gasteiger partial charge in [0.2, 0.25) is 0 Å². The topological polar surface area (TPSA) is 23.5 Å². The zero-order valence-corrected chi connectivity index (χ0v) is 14.9. The molecule has 0 spiro atoms. The average molecular weight is 310 g/mol. The molecule has 1 aromatic rings. The van der Waals surface area contributed by atoms with Gasteiger partial charge in [-0.25, -0.2) is 0 Å². The predicted octanol–water partition coefficient (Wildman–Crippen LogP) is 4.87. The van der Waals surface area contributed by atoms with E-state index in [2.05, 4.69) is 42.6 Å². The van der Waals surface area contributed by atoms with Crippen LogP contribution in [0.25, 0.3) is 0 Å². The van der Waals surface area contributed by atoms with Crippen LogP contribution in [-0.4, -0.2) is 35.6 Å². The van der Waals surface area contributed by atoms with E-state index in [1.807, 2.05) is 20.2 Å². The van der Waals surface area contributed by atoms with Crippen molar-refractivity contribution in [1.29, 1.82) is 0 Å². The molecule has 0 heterocycles. The quantitative estimate of drug-likeness (QED) is 0.624. The van der Waals surface area contributed by atoms with Gasteiger partial charge in [-0.3, -0.25) is 0 Å². The second-order valence-corrected chi connectivity index (χ2v) is 7.31. The fourth-order valence-electron chi connectivity index (χ4n) is 2.37. The molecule has 2 nitrogen and oxygen atoms in total. The SMILES string of the molecule is CCCCCCSCC(C)c1ccc(O)c(CN(C)C)c1. The zero-order chi connectivity index (χ0) is 15.7. The third-order valence-electron chi connectivity index (χ3n) is 3.67. The molecule has 1 N–H and O–H groups in total. The van der Waals surface area contributed by atoms with E-state index in [0.29, 0.717) is 11.7 Å². The summed E-state index contributed by atoms with van der Waals surface area (Å²) in [7, 11) is 4.06. The van der Waals surface area contributed by atoms with Gasteiger partial charge in [-0.05, 0) is 49.6 Å². The number of aromatic hydroxyl groups is 1. The van der Waals surface area contributed by atoms with E-state index < -0.39 is 0 Å². The lowest BCUT2D eigenvalue weighted by Gasteiger charge is -2.16. The van der Waals surface area contributed by atoms with Crippen molar-refractivity contribution in [2.75, 3.05) is 25.6 Å². The summed E-state index contributed by atoms with van der Waals surface area (Å²) in [5.41, 5.74) is 2.36. The lowest BCUT2D eigenvalue weighted by atomic mass is 10.00. The molecule has 0 bridgehead atoms. The average Bonchev–Trinajstić information content (AvgIpc) is 2.44. The molecule has 0 fully saturated rings. The van der Waals surface area contributed by atoms with Crippen LogP contribution in [-0.2, 0) is 6.54 Å². The molecule has 1 rings (SSSR count). The van der Waals surface area contributed by atoms with Crippen LogP contribution >= 0.6 is 11.8 Å². The molecule has 120 valence electrons. The summed E-state index contributed by atoms with van der Waals surface area (Å²) in [6, 6.07) is 6.07. The van der Waals surface area contributed by atoms with Crippen LogP contribution in [0.3, 0.4) is 0 Å². The third kappa shape index (κ3) is 7.23. The lowest BCUT2D eigenvalue weighted by molar-refractivity contribution is 0.385. The highest BCUT2D eigenvalue weighted by Crippen LogP contribution is 2.26. The standard InChI is InChI=1S/C18H31NOS/c1-5-6-7-8-11-21-14-15(2)16-9-10-18(20)17(12-16)13-19(3)4/h9-10,12,15,20H,5-8,11,13-14H2,1-4H3. The molecular formula is C18H31NOS. The van der Waals surface area contributed by atoms with Crippen LogP contribution in [0.15, 0.2) is 18.2 Å². The monoisotopic (exact) mass is 309 g/mol. The molecule has 0 aliphatic carbocycles. The van der Waals surface area contributed by atoms with Crippen molar-refractivity contribution in [3.05, 3.63) is 29.3 Å². The maximum Gasteiger partial charge on any atom is 0.120 e. The Balaban J connectivity index is 2.44. The molecule has 0 saturated carbocycles. The van der Waals surface area contributed by atoms with E-state index >= 15 is 0 Å². The highest BCUT2D eigenvalue weighted by Gasteiger charge is 2.10. The first-order chi connectivity index (χ1) is 10.0. The number of unbranched alkanes of at least 4 members (excludes halogenated alkanes) is 3. The molecule has 1 aromatic carbocycles. The second-order valence-electron chi connectivity index (χ2n) is 6.16. The third-order valence-corrected chi connectivity index (χ3v) is 4.98. The maximum atomic E-state index is 9.93. The minimum atomic E-state index is 0.409. The maximum absolute atomic E-state index is 9.93. The molecule has 0 aromatic heterocycles. The number of benzene rings is 1. The first-order valence-electron chi connectivity index (χ1n) is 8.08. The number of thioether (sulfide) groups is 1. The molecule has 0 saturated heterocycles. The van der Waals surface area contributed by atoms with Gasteiger partial charge in [-0.15, -0.1) is 0 Å². The van der Waals surface area contributed by atoms with Gasteiger partial charge in [0.15, 0.2) is 0 Å². The Kier molecular flexibility index (Phi) is 8.86. The van der Waals surface area contributed by atoms with Crippen LogP contribution in [0.2, 0.25) is 0 Å². The van der Waals surface area contributed by atoms with E-state index in [0.717, 1.165) is 17.9 Å². The smallest absolute Gasteiger partial charge is 0.120 e. The number of hydrogen-bond acceptors (Lipinski definition) is 3. The van der Waals surface area contributed by atoms with Crippen molar-refractivity contribution >= 4 is 11.8 Å². The minimum absolute atomic E-state index is 0.409. The summed E-state index contributed by atoms with van der Waals surface area (Å²) in [4.78, 5) is 2.09. The number of phenols is 1. The number of rotatable bonds is 10. The summed E-state index contributed by atoms with van der Waals surface area (Å²) in [5, 5.41) is 9.93. The Morgan fingerprint density at radius 3 is 2.62 bits per heavy atom. The van der Waals surface area contributed by atoms with Gasteiger partial charge in [0.25, 0.3) is 0 Å². The predicted molar refractivity (Wildman–Crippen MR) is 95.4 cm³/mol. The molecular weight excluding hydrogens is 278 g/mol. The number of phenolic OH excluding ortho intramolecular Hbond substituents is 1. The van der Waals surface area contributed by atoms with E-state index in [1.54, 1.807) is 0 Å². The minimum Gasteiger partial charge on any atom is -0.508 e. The number of nitrogens with zero attached hydrogens (tertiary/aromatic N) is 1. The van der Waals surface area contributed by atoms with Crippen LogP contribution in [0.4, 0.5) is 0 Å². The van der Waals surface area contributed by atoms with Crippen LogP contribution < -0.4 is 0 Å². The lowest BCUT2D eigenvalue weighted by Crippen LogP contribution is -2.11. The molecule has 3 heteroatoms. The molecule has 21 heavy (non-hydrogen) atoms. The van der Waals surface area contributed by atoms with E-state index in [1.165, 1.54) is 37.0 Å². The van der Waals surface area contributed by atoms with Crippen molar-refractivity contribution in [2.24, 2.45) is 0 Å². The van der Waals surface area contributed by atoms with Gasteiger partial charge in [0, 0.05) is 12.1 Å². The Morgan fingerprint density at radius 2 is 1.95 bits per heavy atom. The summed E-state index contributed by atoms with van der Waals surface area (Å²) < 4.78 is 0. The van der Waals surface area contributed by atoms with Crippen LogP contribution in [0.1, 0.15) is 56.6 Å². The molecule has 0 amide bonds. The van der Waals surface area contributed by atoms with Crippen molar-refractivity contribution in [3.63, 3.8) is 0 Å². The van der Waals surface area contributed by atoms with Gasteiger partial charge < -0.3 is 10.0 Å². The molecule has 0 aliphatic rings. The fraction of sp³-hybridized carbons (Fsp3) is 0.667. The second kappa shape index (κ2) is 10.1. The van der Waals surface area contributed by atoms with Crippen molar-refractivity contribution in [2.45, 2.75) is 52.0 Å². The van der Waals surface area contributed by atoms with E-state index in [-0.39, 0.29) is 0 Å². The van der Waals surface area contributed by atoms with Gasteiger partial charge in [0.1, 0.15) is 5.75 Å². The summed E-state index contributed by atoms with van der Waals surface area (Å²) in [5.74, 6) is 3.39. The highest BCUT2D eigenvalue weighted by molar-refractivity contribution is 7.99. The Morgan fingerprint density at radius 1 is 1.19 bits per heavy atom. The fourth-order valence-corrected chi connectivity index (χ4v) is 3.49. The zero-order valence-electron chi connectivity index (χ0n) is 14.1. The first kappa shape index (κ1) is 18.4. The summed E-state index contributed by atoms with van der Waals surface area (Å²) in [6.07, 6.45) is 5.38. The Hall–Kier alpha value is -0.670. The van der Waals surface area contributed by atoms with Gasteiger partial charge in [-0.2, -0.15) is 11.8 Å². The normalized spacial score (nSPS) is 12.8. The Labute approximate surface area is 134 Å². The summed E-state index contributed by atoms with van der Waals surface area (Å²) in [6.45, 7) is 5.33. The Bertz CT molecular complexity index is 406. The highest BCUT2D eigenvalue weighted by atomic mass is 32.2. The van der Waals surface area contributed by atoms with Gasteiger partial charge >= 0.3 is 0 Å². The van der Waals surface area contributed by atoms with Crippen molar-refractivity contribution < 1.29 is 5.11 Å². The van der Waals surface area contributed by atoms with Crippen LogP contribution in [0.5, 0.6) is 5.75 Å². The molecule has 1 unspecified atom stereocenters. The van der Waals surface area contributed by atoms with E-state index in [9.17, 15) is 5.11 Å². The first-order valence-corrected chi connectivity index (χ1v) is 9.24. The van der Waals surface area contributed by atoms with Crippen molar-refractivity contribution in [3.8, 4) is 5.75 Å². The number of hydrogen-bond donors (Lipinski definition) is 1. The molecule has 0 aliphatic heterocycles. The van der Waals surface area contributed by atoms with Crippen LogP contribution in [0, 0.1) is 0 Å². The molecule has 0 radical (unpaired) electrons. The largest absolute Gasteiger partial charge is 0.508 e. The van der Waals surface area contributed by atoms with E-state index in [4.69, 9.17) is 0 Å². The van der Waals surface area contributed by atoms with Crippen molar-refractivity contribution in [1.82, 2.24) is 4.90 Å². The van der Waals surface area contributed by atoms with Gasteiger partial charge in [0.05, 0.1) is 0 Å². The van der Waals surface area contributed by atoms with Gasteiger partial charge in [-0.1, -0.05) is 45.2 Å². The molecule has 1 atom stereocenters.